The average Bonchev–Trinajstić information content (AvgIpc) is 3.57. The van der Waals surface area contributed by atoms with Gasteiger partial charge in [0.2, 0.25) is 18.6 Å². The van der Waals surface area contributed by atoms with Crippen LogP contribution in [0.2, 0.25) is 0 Å². The van der Waals surface area contributed by atoms with Gasteiger partial charge in [0, 0.05) is 13.2 Å². The van der Waals surface area contributed by atoms with E-state index in [-0.39, 0.29) is 37.6 Å². The summed E-state index contributed by atoms with van der Waals surface area (Å²) in [5.74, 6) is -1.92. The lowest BCUT2D eigenvalue weighted by molar-refractivity contribution is -0.138. The largest absolute Gasteiger partial charge is 0.383 e. The molecule has 2 aromatic rings. The van der Waals surface area contributed by atoms with Crippen LogP contribution in [0.15, 0.2) is 40.9 Å². The van der Waals surface area contributed by atoms with Crippen molar-refractivity contribution in [3.8, 4) is 0 Å². The summed E-state index contributed by atoms with van der Waals surface area (Å²) in [6.45, 7) is -0.849. The quantitative estimate of drug-likeness (QED) is 0.115. The van der Waals surface area contributed by atoms with E-state index in [1.54, 1.807) is 13.8 Å². The highest BCUT2D eigenvalue weighted by molar-refractivity contribution is 5.97. The number of rotatable bonds is 17. The third-order valence-electron chi connectivity index (χ3n) is 6.62. The molecule has 2 amide bonds. The first-order valence-corrected chi connectivity index (χ1v) is 13.5. The van der Waals surface area contributed by atoms with Gasteiger partial charge in [0.1, 0.15) is 17.4 Å². The van der Waals surface area contributed by atoms with Crippen molar-refractivity contribution in [3.63, 3.8) is 0 Å². The second-order valence-corrected chi connectivity index (χ2v) is 10.3. The molecule has 2 heterocycles. The molecule has 4 N–H and O–H groups in total. The zero-order chi connectivity index (χ0) is 32.9. The molecule has 1 fully saturated rings. The van der Waals surface area contributed by atoms with Crippen molar-refractivity contribution in [1.29, 1.82) is 0 Å². The van der Waals surface area contributed by atoms with Crippen LogP contribution in [0, 0.1) is 6.92 Å². The van der Waals surface area contributed by atoms with Crippen LogP contribution in [0.3, 0.4) is 0 Å². The van der Waals surface area contributed by atoms with Gasteiger partial charge < -0.3 is 34.5 Å². The lowest BCUT2D eigenvalue weighted by Gasteiger charge is -2.37. The Kier molecular flexibility index (Phi) is 14.3. The molecule has 1 aromatic carbocycles. The van der Waals surface area contributed by atoms with Crippen LogP contribution in [0.5, 0.6) is 0 Å². The summed E-state index contributed by atoms with van der Waals surface area (Å²) in [7, 11) is 1.34. The summed E-state index contributed by atoms with van der Waals surface area (Å²) < 4.78 is 64.3. The summed E-state index contributed by atoms with van der Waals surface area (Å²) in [4.78, 5) is 39.4. The molecule has 16 heteroatoms. The fourth-order valence-corrected chi connectivity index (χ4v) is 4.22. The number of ketones is 1. The molecule has 44 heavy (non-hydrogen) atoms. The highest BCUT2D eigenvalue weighted by atomic mass is 19.3. The van der Waals surface area contributed by atoms with Gasteiger partial charge in [-0.1, -0.05) is 35.5 Å². The minimum absolute atomic E-state index is 0.165. The number of amides is 2. The maximum atomic E-state index is 13.4. The molecule has 0 radical (unpaired) electrons. The van der Waals surface area contributed by atoms with E-state index in [4.69, 9.17) is 14.0 Å². The van der Waals surface area contributed by atoms with Gasteiger partial charge in [0.25, 0.3) is 5.91 Å². The number of nitrogens with zero attached hydrogens (tertiary/aromatic N) is 1. The number of aromatic nitrogens is 1. The second kappa shape index (κ2) is 17.2. The van der Waals surface area contributed by atoms with E-state index in [2.05, 4.69) is 25.8 Å². The van der Waals surface area contributed by atoms with Crippen molar-refractivity contribution in [2.24, 2.45) is 0 Å². The van der Waals surface area contributed by atoms with Crippen LogP contribution in [0.25, 0.3) is 0 Å². The Bertz CT molecular complexity index is 1200. The molecule has 246 valence electrons. The van der Waals surface area contributed by atoms with E-state index >= 15 is 0 Å². The molecule has 1 aliphatic rings. The van der Waals surface area contributed by atoms with Crippen LogP contribution >= 0.6 is 0 Å². The number of alkyl halides is 4. The number of carbonyl (C=O) groups is 3. The Morgan fingerprint density at radius 3 is 2.32 bits per heavy atom. The number of epoxide rings is 1. The Labute approximate surface area is 251 Å². The summed E-state index contributed by atoms with van der Waals surface area (Å²) in [5.41, 5.74) is -1.83. The fraction of sp³-hybridized carbons (Fsp3) is 0.571. The van der Waals surface area contributed by atoms with Gasteiger partial charge in [0.15, 0.2) is 5.78 Å². The number of halogens is 4. The lowest BCUT2D eigenvalue weighted by Crippen LogP contribution is -2.65. The van der Waals surface area contributed by atoms with Gasteiger partial charge in [-0.05, 0) is 39.2 Å². The Hall–Kier alpha value is -3.44. The first-order chi connectivity index (χ1) is 20.8. The van der Waals surface area contributed by atoms with Crippen molar-refractivity contribution >= 4 is 17.6 Å². The number of nitrogens with one attached hydrogen (secondary N) is 3. The monoisotopic (exact) mass is 634 g/mol. The average molecular weight is 635 g/mol. The third-order valence-corrected chi connectivity index (χ3v) is 6.62. The first-order valence-electron chi connectivity index (χ1n) is 13.5. The van der Waals surface area contributed by atoms with Gasteiger partial charge in [0.05, 0.1) is 37.6 Å². The fourth-order valence-electron chi connectivity index (χ4n) is 4.22. The van der Waals surface area contributed by atoms with Crippen molar-refractivity contribution in [1.82, 2.24) is 21.1 Å². The Morgan fingerprint density at radius 2 is 1.80 bits per heavy atom. The van der Waals surface area contributed by atoms with E-state index in [0.717, 1.165) is 5.56 Å². The van der Waals surface area contributed by atoms with Crippen LogP contribution in [-0.4, -0.2) is 97.8 Å². The molecule has 1 aromatic heterocycles. The summed E-state index contributed by atoms with van der Waals surface area (Å²) in [6.07, 6.45) is -0.0734. The number of hydrogen-bond acceptors (Lipinski definition) is 10. The maximum absolute atomic E-state index is 13.4. The standard InChI is InChI=1S/C27H36F2N4O8.CH2F2/c1-16-12-20(41-33-16)24(36)31-21(10-11-39-25(28)29)27(3,37)32-19(14-38-4)23(35)30-18(22(34)26(2)15-40-26)13-17-8-6-5-7-9-17;2-1-3/h5-9,12,18-19,21,25,32,37H,10-11,13-15H2,1-4H3,(H,30,35)(H,31,36);1H2/t18?,19-,21?,26?,27?;/m0./s1. The molecule has 3 rings (SSSR count). The third kappa shape index (κ3) is 11.6. The highest BCUT2D eigenvalue weighted by Gasteiger charge is 2.50. The number of Topliss-reactive ketones (excluding diaryl/α,β-unsaturated/α-hetero) is 1. The van der Waals surface area contributed by atoms with Gasteiger partial charge in [-0.15, -0.1) is 0 Å². The topological polar surface area (TPSA) is 165 Å². The van der Waals surface area contributed by atoms with Crippen LogP contribution in [0.1, 0.15) is 42.1 Å². The second-order valence-electron chi connectivity index (χ2n) is 10.3. The molecule has 4 unspecified atom stereocenters. The summed E-state index contributed by atoms with van der Waals surface area (Å²) in [6, 6.07) is 7.04. The van der Waals surface area contributed by atoms with Crippen molar-refractivity contribution in [3.05, 3.63) is 53.4 Å². The van der Waals surface area contributed by atoms with E-state index in [9.17, 15) is 37.1 Å². The van der Waals surface area contributed by atoms with Gasteiger partial charge >= 0.3 is 6.61 Å². The predicted molar refractivity (Wildman–Crippen MR) is 147 cm³/mol. The molecule has 5 atom stereocenters. The molecule has 1 saturated heterocycles. The summed E-state index contributed by atoms with van der Waals surface area (Å²) >= 11 is 0. The molecule has 0 bridgehead atoms. The number of benzene rings is 1. The molecule has 1 aliphatic heterocycles. The van der Waals surface area contributed by atoms with E-state index in [1.165, 1.54) is 20.1 Å². The normalized spacial score (nSPS) is 19.1. The molecular weight excluding hydrogens is 596 g/mol. The number of hydrogen-bond donors (Lipinski definition) is 4. The van der Waals surface area contributed by atoms with Crippen molar-refractivity contribution in [2.45, 2.75) is 69.7 Å². The van der Waals surface area contributed by atoms with Crippen LogP contribution in [0.4, 0.5) is 17.6 Å². The van der Waals surface area contributed by atoms with Crippen molar-refractivity contribution < 1.29 is 55.8 Å². The maximum Gasteiger partial charge on any atom is 0.345 e. The number of carbonyl (C=O) groups excluding carboxylic acids is 3. The highest BCUT2D eigenvalue weighted by Crippen LogP contribution is 2.29. The molecule has 0 aliphatic carbocycles. The van der Waals surface area contributed by atoms with Crippen LogP contribution in [-0.2, 0) is 30.2 Å². The predicted octanol–water partition coefficient (Wildman–Crippen LogP) is 1.99. The first kappa shape index (κ1) is 36.8. The smallest absolute Gasteiger partial charge is 0.345 e. The Balaban J connectivity index is 0.00000216. The minimum Gasteiger partial charge on any atom is -0.383 e. The number of aliphatic hydroxyl groups is 1. The molecular formula is C28H38F4N4O8. The van der Waals surface area contributed by atoms with Crippen molar-refractivity contribution in [2.75, 3.05) is 33.9 Å². The van der Waals surface area contributed by atoms with E-state index < -0.39 is 61.4 Å². The minimum atomic E-state index is -3.07. The number of aryl methyl sites for hydroxylation is 1. The molecule has 0 spiro atoms. The molecule has 12 nitrogen and oxygen atoms in total. The zero-order valence-electron chi connectivity index (χ0n) is 24.8. The lowest BCUT2D eigenvalue weighted by atomic mass is 9.94. The van der Waals surface area contributed by atoms with Gasteiger partial charge in [-0.2, -0.15) is 8.78 Å². The van der Waals surface area contributed by atoms with E-state index in [1.807, 2.05) is 30.3 Å². The van der Waals surface area contributed by atoms with E-state index in [0.29, 0.717) is 5.69 Å². The zero-order valence-corrected chi connectivity index (χ0v) is 24.8. The summed E-state index contributed by atoms with van der Waals surface area (Å²) in [5, 5.41) is 23.0. The number of methoxy groups -OCH3 is 1. The molecule has 0 saturated carbocycles. The van der Waals surface area contributed by atoms with Gasteiger partial charge in [-0.25, -0.2) is 8.78 Å². The van der Waals surface area contributed by atoms with Gasteiger partial charge in [-0.3, -0.25) is 19.7 Å². The van der Waals surface area contributed by atoms with Crippen LogP contribution < -0.4 is 16.0 Å². The Morgan fingerprint density at radius 1 is 1.16 bits per heavy atom. The SMILES string of the molecule is COC[C@H](NC(C)(O)C(CCOC(F)F)NC(=O)c1cc(C)no1)C(=O)NC(Cc1ccccc1)C(=O)C1(C)CO1.FCF. The number of ether oxygens (including phenoxy) is 3.